The third-order valence-corrected chi connectivity index (χ3v) is 4.77. The smallest absolute Gasteiger partial charge is 0.256 e. The highest BCUT2D eigenvalue weighted by Gasteiger charge is 2.17. The molecule has 1 aliphatic heterocycles. The summed E-state index contributed by atoms with van der Waals surface area (Å²) in [5.74, 6) is 2.04. The monoisotopic (exact) mass is 336 g/mol. The van der Waals surface area contributed by atoms with Gasteiger partial charge in [0.15, 0.2) is 0 Å². The molecule has 6 heteroatoms. The summed E-state index contributed by atoms with van der Waals surface area (Å²) < 4.78 is 0. The highest BCUT2D eigenvalue weighted by Crippen LogP contribution is 2.26. The molecule has 2 aromatic carbocycles. The van der Waals surface area contributed by atoms with Crippen molar-refractivity contribution in [2.24, 2.45) is 0 Å². The molecule has 0 radical (unpaired) electrons. The first kappa shape index (κ1) is 14.8. The average molecular weight is 336 g/mol. The van der Waals surface area contributed by atoms with Crippen molar-refractivity contribution in [2.75, 3.05) is 10.6 Å². The van der Waals surface area contributed by atoms with Crippen LogP contribution in [0, 0.1) is 0 Å². The quantitative estimate of drug-likeness (QED) is 0.672. The number of aromatic amines is 1. The molecular formula is C18H16N4OS. The number of rotatable bonds is 4. The summed E-state index contributed by atoms with van der Waals surface area (Å²) in [7, 11) is 0. The van der Waals surface area contributed by atoms with Crippen LogP contribution in [0.25, 0.3) is 0 Å². The third-order valence-electron chi connectivity index (χ3n) is 3.80. The molecule has 2 heterocycles. The van der Waals surface area contributed by atoms with Gasteiger partial charge in [0, 0.05) is 34.1 Å². The minimum Gasteiger partial charge on any atom is -0.356 e. The number of nitrogens with zero attached hydrogens (tertiary/aromatic N) is 1. The van der Waals surface area contributed by atoms with Gasteiger partial charge in [-0.25, -0.2) is 4.98 Å². The molecule has 3 aromatic rings. The van der Waals surface area contributed by atoms with Crippen molar-refractivity contribution in [2.45, 2.75) is 11.5 Å². The fourth-order valence-electron chi connectivity index (χ4n) is 2.58. The molecule has 0 bridgehead atoms. The number of nitrogens with one attached hydrogen (secondary N) is 3. The van der Waals surface area contributed by atoms with Crippen LogP contribution >= 0.6 is 11.8 Å². The molecule has 1 aliphatic rings. The predicted octanol–water partition coefficient (Wildman–Crippen LogP) is 4.00. The summed E-state index contributed by atoms with van der Waals surface area (Å²) in [5, 5.41) is 6.50. The largest absolute Gasteiger partial charge is 0.356 e. The van der Waals surface area contributed by atoms with E-state index in [-0.39, 0.29) is 5.56 Å². The maximum absolute atomic E-state index is 12.0. The van der Waals surface area contributed by atoms with Gasteiger partial charge in [0.05, 0.1) is 5.69 Å². The number of fused-ring (bicyclic) bond motifs is 1. The van der Waals surface area contributed by atoms with Crippen molar-refractivity contribution >= 4 is 34.8 Å². The van der Waals surface area contributed by atoms with E-state index >= 15 is 0 Å². The fraction of sp³-hybridized carbons (Fsp3) is 0.111. The number of hydrogen-bond acceptors (Lipinski definition) is 5. The van der Waals surface area contributed by atoms with Crippen LogP contribution in [0.5, 0.6) is 0 Å². The van der Waals surface area contributed by atoms with E-state index in [1.807, 2.05) is 54.6 Å². The highest BCUT2D eigenvalue weighted by atomic mass is 32.2. The van der Waals surface area contributed by atoms with Gasteiger partial charge < -0.3 is 10.6 Å². The number of thioether (sulfide) groups is 1. The Kier molecular flexibility index (Phi) is 3.96. The Morgan fingerprint density at radius 2 is 1.54 bits per heavy atom. The molecule has 3 N–H and O–H groups in total. The molecule has 0 aliphatic carbocycles. The van der Waals surface area contributed by atoms with Gasteiger partial charge in [0.1, 0.15) is 0 Å². The van der Waals surface area contributed by atoms with Gasteiger partial charge in [-0.3, -0.25) is 9.78 Å². The van der Waals surface area contributed by atoms with Crippen LogP contribution in [0.4, 0.5) is 23.0 Å². The van der Waals surface area contributed by atoms with E-state index < -0.39 is 0 Å². The van der Waals surface area contributed by atoms with E-state index in [2.05, 4.69) is 20.6 Å². The lowest BCUT2D eigenvalue weighted by Crippen LogP contribution is -2.16. The van der Waals surface area contributed by atoms with Gasteiger partial charge in [0.2, 0.25) is 5.95 Å². The maximum Gasteiger partial charge on any atom is 0.256 e. The first-order valence-electron chi connectivity index (χ1n) is 7.67. The fourth-order valence-corrected chi connectivity index (χ4v) is 3.62. The van der Waals surface area contributed by atoms with Gasteiger partial charge in [-0.2, -0.15) is 11.8 Å². The zero-order valence-electron chi connectivity index (χ0n) is 12.9. The molecule has 0 fully saturated rings. The van der Waals surface area contributed by atoms with Crippen LogP contribution in [0.2, 0.25) is 0 Å². The number of anilines is 4. The molecule has 0 atom stereocenters. The lowest BCUT2D eigenvalue weighted by molar-refractivity contribution is 1.03. The standard InChI is InChI=1S/C18H16N4OS/c23-17-15-10-24-11-16(15)21-18(22-17)20-14-8-6-13(7-9-14)19-12-4-2-1-3-5-12/h1-9,19H,10-11H2,(H2,20,21,22,23). The SMILES string of the molecule is O=c1[nH]c(Nc2ccc(Nc3ccccc3)cc2)nc2c1CSC2. The molecule has 1 aromatic heterocycles. The van der Waals surface area contributed by atoms with Crippen LogP contribution < -0.4 is 16.2 Å². The number of hydrogen-bond donors (Lipinski definition) is 3. The first-order valence-corrected chi connectivity index (χ1v) is 8.82. The maximum atomic E-state index is 12.0. The Bertz CT molecular complexity index is 907. The molecule has 0 spiro atoms. The second-order valence-corrected chi connectivity index (χ2v) is 6.51. The lowest BCUT2D eigenvalue weighted by atomic mass is 10.2. The highest BCUT2D eigenvalue weighted by molar-refractivity contribution is 7.98. The molecule has 0 unspecified atom stereocenters. The van der Waals surface area contributed by atoms with E-state index in [9.17, 15) is 4.79 Å². The zero-order chi connectivity index (χ0) is 16.4. The van der Waals surface area contributed by atoms with Crippen LogP contribution in [0.15, 0.2) is 59.4 Å². The number of benzene rings is 2. The zero-order valence-corrected chi connectivity index (χ0v) is 13.7. The van der Waals surface area contributed by atoms with Crippen molar-refractivity contribution in [1.82, 2.24) is 9.97 Å². The normalized spacial score (nSPS) is 12.7. The van der Waals surface area contributed by atoms with Gasteiger partial charge >= 0.3 is 0 Å². The summed E-state index contributed by atoms with van der Waals surface area (Å²) in [5.41, 5.74) is 4.55. The lowest BCUT2D eigenvalue weighted by Gasteiger charge is -2.09. The summed E-state index contributed by atoms with van der Waals surface area (Å²) in [6.07, 6.45) is 0. The van der Waals surface area contributed by atoms with E-state index in [0.717, 1.165) is 39.8 Å². The Labute approximate surface area is 143 Å². The van der Waals surface area contributed by atoms with Crippen LogP contribution in [-0.4, -0.2) is 9.97 Å². The van der Waals surface area contributed by atoms with E-state index in [0.29, 0.717) is 5.95 Å². The van der Waals surface area contributed by atoms with Gasteiger partial charge in [-0.1, -0.05) is 18.2 Å². The van der Waals surface area contributed by atoms with Crippen molar-refractivity contribution in [1.29, 1.82) is 0 Å². The third kappa shape index (κ3) is 3.14. The molecule has 0 amide bonds. The minimum atomic E-state index is -0.0464. The summed E-state index contributed by atoms with van der Waals surface area (Å²) >= 11 is 1.72. The number of aromatic nitrogens is 2. The summed E-state index contributed by atoms with van der Waals surface area (Å²) in [6, 6.07) is 17.9. The molecule has 0 saturated heterocycles. The van der Waals surface area contributed by atoms with E-state index in [1.165, 1.54) is 0 Å². The van der Waals surface area contributed by atoms with Crippen molar-refractivity contribution < 1.29 is 0 Å². The number of H-pyrrole nitrogens is 1. The Morgan fingerprint density at radius 3 is 2.29 bits per heavy atom. The average Bonchev–Trinajstić information content (AvgIpc) is 3.07. The van der Waals surface area contributed by atoms with Gasteiger partial charge in [-0.15, -0.1) is 0 Å². The minimum absolute atomic E-state index is 0.0464. The topological polar surface area (TPSA) is 69.8 Å². The molecule has 120 valence electrons. The van der Waals surface area contributed by atoms with Crippen molar-refractivity contribution in [3.63, 3.8) is 0 Å². The van der Waals surface area contributed by atoms with Crippen LogP contribution in [0.3, 0.4) is 0 Å². The van der Waals surface area contributed by atoms with Crippen LogP contribution in [-0.2, 0) is 11.5 Å². The molecule has 5 nitrogen and oxygen atoms in total. The Balaban J connectivity index is 1.50. The van der Waals surface area contributed by atoms with Gasteiger partial charge in [0.25, 0.3) is 5.56 Å². The van der Waals surface area contributed by atoms with Crippen molar-refractivity contribution in [3.8, 4) is 0 Å². The second kappa shape index (κ2) is 6.41. The molecule has 0 saturated carbocycles. The number of para-hydroxylation sites is 1. The second-order valence-electron chi connectivity index (χ2n) is 5.53. The molecule has 4 rings (SSSR count). The summed E-state index contributed by atoms with van der Waals surface area (Å²) in [6.45, 7) is 0. The molecular weight excluding hydrogens is 320 g/mol. The Morgan fingerprint density at radius 1 is 0.875 bits per heavy atom. The first-order chi connectivity index (χ1) is 11.8. The Hall–Kier alpha value is -2.73. The van der Waals surface area contributed by atoms with Crippen LogP contribution in [0.1, 0.15) is 11.3 Å². The summed E-state index contributed by atoms with van der Waals surface area (Å²) in [4.78, 5) is 19.3. The van der Waals surface area contributed by atoms with E-state index in [4.69, 9.17) is 0 Å². The van der Waals surface area contributed by atoms with E-state index in [1.54, 1.807) is 11.8 Å². The van der Waals surface area contributed by atoms with Gasteiger partial charge in [-0.05, 0) is 36.4 Å². The molecule has 24 heavy (non-hydrogen) atoms. The predicted molar refractivity (Wildman–Crippen MR) is 99.3 cm³/mol. The van der Waals surface area contributed by atoms with Crippen molar-refractivity contribution in [3.05, 3.63) is 76.2 Å².